The minimum atomic E-state index is 0.618. The van der Waals surface area contributed by atoms with Crippen LogP contribution in [0.15, 0.2) is 31.0 Å². The molecule has 0 spiro atoms. The van der Waals surface area contributed by atoms with Crippen LogP contribution in [0, 0.1) is 0 Å². The Bertz CT molecular complexity index is 473. The lowest BCUT2D eigenvalue weighted by atomic mass is 10.4. The van der Waals surface area contributed by atoms with Gasteiger partial charge in [-0.05, 0) is 12.5 Å². The fourth-order valence-electron chi connectivity index (χ4n) is 1.41. The lowest BCUT2D eigenvalue weighted by Crippen LogP contribution is -2.06. The van der Waals surface area contributed by atoms with Gasteiger partial charge in [-0.3, -0.25) is 0 Å². The van der Waals surface area contributed by atoms with Crippen LogP contribution in [0.5, 0.6) is 0 Å². The number of aromatic nitrogens is 4. The predicted molar refractivity (Wildman–Crippen MR) is 70.2 cm³/mol. The van der Waals surface area contributed by atoms with Gasteiger partial charge in [0.25, 0.3) is 0 Å². The average molecular weight is 244 g/mol. The van der Waals surface area contributed by atoms with Crippen LogP contribution < -0.4 is 10.6 Å². The zero-order valence-electron chi connectivity index (χ0n) is 10.3. The largest absolute Gasteiger partial charge is 0.370 e. The van der Waals surface area contributed by atoms with Gasteiger partial charge in [0.2, 0.25) is 0 Å². The quantitative estimate of drug-likeness (QED) is 0.805. The summed E-state index contributed by atoms with van der Waals surface area (Å²) in [6.07, 6.45) is 5.86. The molecule has 6 heteroatoms. The number of hydrogen-bond acceptors (Lipinski definition) is 6. The van der Waals surface area contributed by atoms with E-state index >= 15 is 0 Å². The van der Waals surface area contributed by atoms with Gasteiger partial charge in [-0.15, -0.1) is 0 Å². The van der Waals surface area contributed by atoms with Crippen LogP contribution in [0.25, 0.3) is 0 Å². The van der Waals surface area contributed by atoms with E-state index in [1.54, 1.807) is 12.5 Å². The molecule has 0 aliphatic heterocycles. The van der Waals surface area contributed by atoms with E-state index in [0.717, 1.165) is 30.3 Å². The second-order valence-corrected chi connectivity index (χ2v) is 3.77. The van der Waals surface area contributed by atoms with E-state index in [2.05, 4.69) is 37.5 Å². The van der Waals surface area contributed by atoms with E-state index < -0.39 is 0 Å². The second kappa shape index (κ2) is 6.48. The summed E-state index contributed by atoms with van der Waals surface area (Å²) in [5, 5.41) is 6.41. The van der Waals surface area contributed by atoms with Gasteiger partial charge < -0.3 is 10.6 Å². The third-order valence-corrected chi connectivity index (χ3v) is 2.32. The van der Waals surface area contributed by atoms with E-state index in [-0.39, 0.29) is 0 Å². The maximum Gasteiger partial charge on any atom is 0.131 e. The summed E-state index contributed by atoms with van der Waals surface area (Å²) in [4.78, 5) is 16.3. The average Bonchev–Trinajstić information content (AvgIpc) is 2.44. The maximum atomic E-state index is 4.16. The molecule has 2 N–H and O–H groups in total. The Balaban J connectivity index is 1.93. The SMILES string of the molecule is CCCNc1cc(NCc2ccncn2)ncn1. The Morgan fingerprint density at radius 1 is 1.06 bits per heavy atom. The predicted octanol–water partition coefficient (Wildman–Crippen LogP) is 1.70. The Hall–Kier alpha value is -2.24. The van der Waals surface area contributed by atoms with Crippen molar-refractivity contribution < 1.29 is 0 Å². The lowest BCUT2D eigenvalue weighted by Gasteiger charge is -2.07. The molecule has 94 valence electrons. The normalized spacial score (nSPS) is 10.1. The van der Waals surface area contributed by atoms with Gasteiger partial charge in [-0.1, -0.05) is 6.92 Å². The molecular weight excluding hydrogens is 228 g/mol. The molecule has 2 heterocycles. The molecule has 6 nitrogen and oxygen atoms in total. The molecule has 0 bridgehead atoms. The van der Waals surface area contributed by atoms with Gasteiger partial charge in [0, 0.05) is 18.8 Å². The first kappa shape index (κ1) is 12.2. The third kappa shape index (κ3) is 3.65. The van der Waals surface area contributed by atoms with Crippen molar-refractivity contribution in [1.29, 1.82) is 0 Å². The highest BCUT2D eigenvalue weighted by atomic mass is 15.1. The fourth-order valence-corrected chi connectivity index (χ4v) is 1.41. The smallest absolute Gasteiger partial charge is 0.131 e. The number of nitrogens with zero attached hydrogens (tertiary/aromatic N) is 4. The molecule has 0 amide bonds. The highest BCUT2D eigenvalue weighted by molar-refractivity contribution is 5.46. The highest BCUT2D eigenvalue weighted by Crippen LogP contribution is 2.09. The number of rotatable bonds is 6. The summed E-state index contributed by atoms with van der Waals surface area (Å²) in [5.41, 5.74) is 0.923. The van der Waals surface area contributed by atoms with Crippen LogP contribution in [0.2, 0.25) is 0 Å². The highest BCUT2D eigenvalue weighted by Gasteiger charge is 1.98. The Labute approximate surface area is 106 Å². The van der Waals surface area contributed by atoms with Gasteiger partial charge in [0.1, 0.15) is 24.3 Å². The summed E-state index contributed by atoms with van der Waals surface area (Å²) >= 11 is 0. The molecule has 2 aromatic rings. The summed E-state index contributed by atoms with van der Waals surface area (Å²) in [6.45, 7) is 3.64. The molecule has 0 saturated heterocycles. The topological polar surface area (TPSA) is 75.6 Å². The van der Waals surface area contributed by atoms with E-state index in [0.29, 0.717) is 6.54 Å². The molecular formula is C12H16N6. The van der Waals surface area contributed by atoms with Crippen LogP contribution in [-0.2, 0) is 6.54 Å². The van der Waals surface area contributed by atoms with Crippen LogP contribution in [0.4, 0.5) is 11.6 Å². The summed E-state index contributed by atoms with van der Waals surface area (Å²) in [5.74, 6) is 1.61. The molecule has 0 radical (unpaired) electrons. The van der Waals surface area contributed by atoms with Gasteiger partial charge in [-0.25, -0.2) is 19.9 Å². The fraction of sp³-hybridized carbons (Fsp3) is 0.333. The van der Waals surface area contributed by atoms with Crippen molar-refractivity contribution in [3.63, 3.8) is 0 Å². The molecule has 18 heavy (non-hydrogen) atoms. The second-order valence-electron chi connectivity index (χ2n) is 3.77. The van der Waals surface area contributed by atoms with Crippen molar-refractivity contribution in [3.8, 4) is 0 Å². The van der Waals surface area contributed by atoms with Gasteiger partial charge >= 0.3 is 0 Å². The van der Waals surface area contributed by atoms with Gasteiger partial charge in [0.15, 0.2) is 0 Å². The molecule has 0 fully saturated rings. The molecule has 0 unspecified atom stereocenters. The van der Waals surface area contributed by atoms with Crippen LogP contribution in [-0.4, -0.2) is 26.5 Å². The Morgan fingerprint density at radius 3 is 2.61 bits per heavy atom. The molecule has 0 aromatic carbocycles. The molecule has 2 rings (SSSR count). The molecule has 0 atom stereocenters. The standard InChI is InChI=1S/C12H16N6/c1-2-4-14-11-6-12(18-9-17-11)15-7-10-3-5-13-8-16-10/h3,5-6,8-9H,2,4,7H2,1H3,(H2,14,15,17,18). The van der Waals surface area contributed by atoms with E-state index in [9.17, 15) is 0 Å². The Morgan fingerprint density at radius 2 is 1.89 bits per heavy atom. The number of anilines is 2. The first-order chi connectivity index (χ1) is 8.88. The van der Waals surface area contributed by atoms with Crippen LogP contribution >= 0.6 is 0 Å². The molecule has 2 aromatic heterocycles. The summed E-state index contributed by atoms with van der Waals surface area (Å²) in [6, 6.07) is 3.75. The van der Waals surface area contributed by atoms with Gasteiger partial charge in [0.05, 0.1) is 12.2 Å². The monoisotopic (exact) mass is 244 g/mol. The minimum Gasteiger partial charge on any atom is -0.370 e. The van der Waals surface area contributed by atoms with Crippen LogP contribution in [0.3, 0.4) is 0 Å². The molecule has 0 aliphatic carbocycles. The maximum absolute atomic E-state index is 4.16. The first-order valence-corrected chi connectivity index (χ1v) is 5.93. The van der Waals surface area contributed by atoms with Crippen LogP contribution in [0.1, 0.15) is 19.0 Å². The number of hydrogen-bond donors (Lipinski definition) is 2. The van der Waals surface area contributed by atoms with Crippen molar-refractivity contribution in [2.45, 2.75) is 19.9 Å². The van der Waals surface area contributed by atoms with Gasteiger partial charge in [-0.2, -0.15) is 0 Å². The molecule has 0 aliphatic rings. The first-order valence-electron chi connectivity index (χ1n) is 5.93. The van der Waals surface area contributed by atoms with Crippen molar-refractivity contribution >= 4 is 11.6 Å². The van der Waals surface area contributed by atoms with E-state index in [1.807, 2.05) is 12.1 Å². The minimum absolute atomic E-state index is 0.618. The van der Waals surface area contributed by atoms with Crippen molar-refractivity contribution in [2.75, 3.05) is 17.2 Å². The lowest BCUT2D eigenvalue weighted by molar-refractivity contribution is 0.959. The summed E-state index contributed by atoms with van der Waals surface area (Å²) < 4.78 is 0. The third-order valence-electron chi connectivity index (χ3n) is 2.32. The summed E-state index contributed by atoms with van der Waals surface area (Å²) in [7, 11) is 0. The zero-order valence-corrected chi connectivity index (χ0v) is 10.3. The number of nitrogens with one attached hydrogen (secondary N) is 2. The zero-order chi connectivity index (χ0) is 12.6. The molecule has 0 saturated carbocycles. The Kier molecular flexibility index (Phi) is 4.40. The van der Waals surface area contributed by atoms with E-state index in [1.165, 1.54) is 6.33 Å². The van der Waals surface area contributed by atoms with Crippen molar-refractivity contribution in [3.05, 3.63) is 36.7 Å². The van der Waals surface area contributed by atoms with E-state index in [4.69, 9.17) is 0 Å². The van der Waals surface area contributed by atoms with Crippen molar-refractivity contribution in [2.24, 2.45) is 0 Å². The van der Waals surface area contributed by atoms with Crippen molar-refractivity contribution in [1.82, 2.24) is 19.9 Å².